The molecule has 0 aliphatic heterocycles. The van der Waals surface area contributed by atoms with Crippen molar-refractivity contribution in [1.82, 2.24) is 5.32 Å². The zero-order valence-corrected chi connectivity index (χ0v) is 20.1. The number of nitrogens with zero attached hydrogens (tertiary/aromatic N) is 1. The van der Waals surface area contributed by atoms with Gasteiger partial charge in [0.25, 0.3) is 15.9 Å². The van der Waals surface area contributed by atoms with Gasteiger partial charge in [-0.15, -0.1) is 0 Å². The van der Waals surface area contributed by atoms with Crippen LogP contribution in [0.2, 0.25) is 5.02 Å². The number of amides is 1. The van der Waals surface area contributed by atoms with E-state index in [4.69, 9.17) is 16.3 Å². The highest BCUT2D eigenvalue weighted by molar-refractivity contribution is 7.93. The number of ether oxygens (including phenoxy) is 1. The highest BCUT2D eigenvalue weighted by Crippen LogP contribution is 2.34. The minimum absolute atomic E-state index is 0.00373. The molecule has 3 rings (SSSR count). The van der Waals surface area contributed by atoms with E-state index >= 15 is 0 Å². The van der Waals surface area contributed by atoms with E-state index in [-0.39, 0.29) is 45.5 Å². The number of carboxylic acid groups (broad SMARTS) is 1. The van der Waals surface area contributed by atoms with Crippen molar-refractivity contribution in [2.75, 3.05) is 18.0 Å². The molecule has 0 radical (unpaired) electrons. The molecule has 1 amide bonds. The van der Waals surface area contributed by atoms with Gasteiger partial charge in [-0.1, -0.05) is 43.0 Å². The normalized spacial score (nSPS) is 14.5. The van der Waals surface area contributed by atoms with Gasteiger partial charge in [-0.25, -0.2) is 13.2 Å². The first-order valence-electron chi connectivity index (χ1n) is 10.6. The molecule has 2 N–H and O–H groups in total. The Kier molecular flexibility index (Phi) is 7.86. The number of hydrogen-bond acceptors (Lipinski definition) is 5. The summed E-state index contributed by atoms with van der Waals surface area (Å²) in [7, 11) is -2.97. The first-order chi connectivity index (χ1) is 15.6. The molecule has 178 valence electrons. The third-order valence-corrected chi connectivity index (χ3v) is 7.91. The number of carboxylic acids is 1. The lowest BCUT2D eigenvalue weighted by Gasteiger charge is -2.23. The highest BCUT2D eigenvalue weighted by atomic mass is 35.5. The van der Waals surface area contributed by atoms with Gasteiger partial charge in [0.1, 0.15) is 10.6 Å². The number of halogens is 1. The van der Waals surface area contributed by atoms with Crippen LogP contribution in [0.4, 0.5) is 5.69 Å². The van der Waals surface area contributed by atoms with E-state index in [1.54, 1.807) is 13.0 Å². The summed E-state index contributed by atoms with van der Waals surface area (Å²) in [4.78, 5) is 23.6. The number of carbonyl (C=O) groups excluding carboxylic acids is 1. The lowest BCUT2D eigenvalue weighted by molar-refractivity contribution is -0.124. The molecule has 0 aromatic heterocycles. The molecule has 1 saturated carbocycles. The molecule has 0 atom stereocenters. The zero-order chi connectivity index (χ0) is 24.2. The second-order valence-corrected chi connectivity index (χ2v) is 10.4. The molecule has 33 heavy (non-hydrogen) atoms. The van der Waals surface area contributed by atoms with E-state index in [0.29, 0.717) is 5.56 Å². The van der Waals surface area contributed by atoms with Crippen molar-refractivity contribution in [3.05, 3.63) is 52.5 Å². The summed E-state index contributed by atoms with van der Waals surface area (Å²) < 4.78 is 33.1. The summed E-state index contributed by atoms with van der Waals surface area (Å²) in [5.74, 6) is -1.32. The lowest BCUT2D eigenvalue weighted by Crippen LogP contribution is -2.39. The third-order valence-electron chi connectivity index (χ3n) is 5.67. The van der Waals surface area contributed by atoms with E-state index in [0.717, 1.165) is 30.0 Å². The predicted molar refractivity (Wildman–Crippen MR) is 126 cm³/mol. The molecule has 0 bridgehead atoms. The Morgan fingerprint density at radius 3 is 2.52 bits per heavy atom. The predicted octanol–water partition coefficient (Wildman–Crippen LogP) is 4.00. The summed E-state index contributed by atoms with van der Waals surface area (Å²) >= 11 is 6.25. The maximum atomic E-state index is 13.3. The van der Waals surface area contributed by atoms with Crippen molar-refractivity contribution >= 4 is 39.2 Å². The smallest absolute Gasteiger partial charge is 0.337 e. The molecule has 10 heteroatoms. The van der Waals surface area contributed by atoms with Crippen LogP contribution in [0.5, 0.6) is 5.75 Å². The molecule has 0 unspecified atom stereocenters. The standard InChI is InChI=1S/C23H27ClN2O6S/c1-15-12-18(24)21(13-20(15)32-14-22(27)25-16-8-4-3-5-9-16)33(30,31)26(2)19-11-7-6-10-17(19)23(28)29/h6-7,10-13,16H,3-5,8-9,14H2,1-2H3,(H,25,27)(H,28,29). The molecular formula is C23H27ClN2O6S. The largest absolute Gasteiger partial charge is 0.483 e. The van der Waals surface area contributed by atoms with Gasteiger partial charge in [0, 0.05) is 19.2 Å². The molecule has 0 spiro atoms. The number of anilines is 1. The summed E-state index contributed by atoms with van der Waals surface area (Å²) in [6.07, 6.45) is 5.23. The number of sulfonamides is 1. The summed E-state index contributed by atoms with van der Waals surface area (Å²) in [6.45, 7) is 1.44. The maximum absolute atomic E-state index is 13.3. The quantitative estimate of drug-likeness (QED) is 0.573. The molecule has 1 aliphatic carbocycles. The molecule has 2 aromatic carbocycles. The van der Waals surface area contributed by atoms with Crippen LogP contribution in [0.3, 0.4) is 0 Å². The van der Waals surface area contributed by atoms with E-state index in [9.17, 15) is 23.1 Å². The van der Waals surface area contributed by atoms with Crippen LogP contribution in [0.25, 0.3) is 0 Å². The lowest BCUT2D eigenvalue weighted by atomic mass is 9.95. The first-order valence-corrected chi connectivity index (χ1v) is 12.5. The fraction of sp³-hybridized carbons (Fsp3) is 0.391. The molecule has 2 aromatic rings. The van der Waals surface area contributed by atoms with Crippen molar-refractivity contribution < 1.29 is 27.9 Å². The Morgan fingerprint density at radius 1 is 1.18 bits per heavy atom. The first kappa shape index (κ1) is 24.9. The molecule has 0 heterocycles. The number of carbonyl (C=O) groups is 2. The maximum Gasteiger partial charge on any atom is 0.337 e. The number of nitrogens with one attached hydrogen (secondary N) is 1. The second kappa shape index (κ2) is 10.4. The third kappa shape index (κ3) is 5.78. The van der Waals surface area contributed by atoms with Crippen LogP contribution in [0, 0.1) is 6.92 Å². The van der Waals surface area contributed by atoms with E-state index in [1.807, 2.05) is 0 Å². The summed E-state index contributed by atoms with van der Waals surface area (Å²) in [6, 6.07) is 8.62. The van der Waals surface area contributed by atoms with Gasteiger partial charge in [0.15, 0.2) is 6.61 Å². The molecule has 0 saturated heterocycles. The van der Waals surface area contributed by atoms with Crippen LogP contribution in [-0.2, 0) is 14.8 Å². The minimum Gasteiger partial charge on any atom is -0.483 e. The number of hydrogen-bond donors (Lipinski definition) is 2. The van der Waals surface area contributed by atoms with Crippen LogP contribution in [-0.4, -0.2) is 45.1 Å². The fourth-order valence-electron chi connectivity index (χ4n) is 3.85. The minimum atomic E-state index is -4.22. The zero-order valence-electron chi connectivity index (χ0n) is 18.5. The number of benzene rings is 2. The van der Waals surface area contributed by atoms with Gasteiger partial charge < -0.3 is 15.2 Å². The van der Waals surface area contributed by atoms with Crippen molar-refractivity contribution in [3.63, 3.8) is 0 Å². The number of rotatable bonds is 8. The molecule has 1 fully saturated rings. The van der Waals surface area contributed by atoms with Gasteiger partial charge >= 0.3 is 5.97 Å². The van der Waals surface area contributed by atoms with Gasteiger partial charge in [-0.05, 0) is 43.5 Å². The van der Waals surface area contributed by atoms with Crippen molar-refractivity contribution in [2.45, 2.75) is 50.0 Å². The highest BCUT2D eigenvalue weighted by Gasteiger charge is 2.28. The van der Waals surface area contributed by atoms with Crippen molar-refractivity contribution in [1.29, 1.82) is 0 Å². The SMILES string of the molecule is Cc1cc(Cl)c(S(=O)(=O)N(C)c2ccccc2C(=O)O)cc1OCC(=O)NC1CCCCC1. The van der Waals surface area contributed by atoms with Crippen LogP contribution in [0.15, 0.2) is 41.3 Å². The number of aromatic carboxylic acids is 1. The Hall–Kier alpha value is -2.78. The second-order valence-electron chi connectivity index (χ2n) is 8.03. The summed E-state index contributed by atoms with van der Waals surface area (Å²) in [5, 5.41) is 12.3. The van der Waals surface area contributed by atoms with E-state index in [2.05, 4.69) is 5.32 Å². The molecular weight excluding hydrogens is 468 g/mol. The van der Waals surface area contributed by atoms with E-state index in [1.165, 1.54) is 43.8 Å². The summed E-state index contributed by atoms with van der Waals surface area (Å²) in [5.41, 5.74) is 0.400. The van der Waals surface area contributed by atoms with Gasteiger partial charge in [-0.2, -0.15) is 0 Å². The van der Waals surface area contributed by atoms with Gasteiger partial charge in [-0.3, -0.25) is 9.10 Å². The number of para-hydroxylation sites is 1. The monoisotopic (exact) mass is 494 g/mol. The van der Waals surface area contributed by atoms with Gasteiger partial charge in [0.2, 0.25) is 0 Å². The average Bonchev–Trinajstić information content (AvgIpc) is 2.78. The fourth-order valence-corrected chi connectivity index (χ4v) is 5.64. The Bertz CT molecular complexity index is 1150. The van der Waals surface area contributed by atoms with Gasteiger partial charge in [0.05, 0.1) is 16.3 Å². The Labute approximate surface area is 198 Å². The molecule has 8 nitrogen and oxygen atoms in total. The van der Waals surface area contributed by atoms with Crippen LogP contribution >= 0.6 is 11.6 Å². The number of aryl methyl sites for hydroxylation is 1. The van der Waals surface area contributed by atoms with E-state index < -0.39 is 16.0 Å². The average molecular weight is 495 g/mol. The topological polar surface area (TPSA) is 113 Å². The molecule has 1 aliphatic rings. The Balaban J connectivity index is 1.82. The van der Waals surface area contributed by atoms with Crippen molar-refractivity contribution in [2.24, 2.45) is 0 Å². The van der Waals surface area contributed by atoms with Crippen LogP contribution in [0.1, 0.15) is 48.0 Å². The van der Waals surface area contributed by atoms with Crippen LogP contribution < -0.4 is 14.4 Å². The van der Waals surface area contributed by atoms with Crippen molar-refractivity contribution in [3.8, 4) is 5.75 Å². The Morgan fingerprint density at radius 2 is 1.85 bits per heavy atom.